The average Bonchev–Trinajstić information content (AvgIpc) is 2.62. The molecule has 0 bridgehead atoms. The minimum absolute atomic E-state index is 0.143. The Hall–Kier alpha value is -3.40. The second-order valence-corrected chi connectivity index (χ2v) is 5.96. The zero-order chi connectivity index (χ0) is 17.4. The monoisotopic (exact) mass is 332 g/mol. The van der Waals surface area contributed by atoms with Crippen molar-refractivity contribution in [2.24, 2.45) is 0 Å². The number of benzene rings is 3. The van der Waals surface area contributed by atoms with Gasteiger partial charge in [0.25, 0.3) is 0 Å². The van der Waals surface area contributed by atoms with Crippen LogP contribution in [0.3, 0.4) is 0 Å². The van der Waals surface area contributed by atoms with Crippen molar-refractivity contribution in [3.05, 3.63) is 83.4 Å². The molecule has 0 fully saturated rings. The molecule has 4 nitrogen and oxygen atoms in total. The number of phenolic OH excluding ortho intramolecular Hbond substituents is 3. The number of fused-ring (bicyclic) bond motifs is 1. The molecule has 0 aromatic heterocycles. The van der Waals surface area contributed by atoms with Crippen molar-refractivity contribution >= 4 is 11.6 Å². The Morgan fingerprint density at radius 1 is 0.680 bits per heavy atom. The maximum atomic E-state index is 9.73. The zero-order valence-corrected chi connectivity index (χ0v) is 13.3. The van der Waals surface area contributed by atoms with Crippen LogP contribution in [-0.2, 0) is 0 Å². The summed E-state index contributed by atoms with van der Waals surface area (Å²) < 4.78 is 6.16. The van der Waals surface area contributed by atoms with Crippen LogP contribution in [-0.4, -0.2) is 15.3 Å². The lowest BCUT2D eigenvalue weighted by atomic mass is 9.91. The number of ether oxygens (including phenoxy) is 1. The Labute approximate surface area is 144 Å². The third kappa shape index (κ3) is 2.90. The molecule has 3 N–H and O–H groups in total. The summed E-state index contributed by atoms with van der Waals surface area (Å²) in [5, 5.41) is 28.8. The van der Waals surface area contributed by atoms with Gasteiger partial charge in [-0.25, -0.2) is 0 Å². The van der Waals surface area contributed by atoms with E-state index < -0.39 is 0 Å². The SMILES string of the molecule is Oc1ccc(C2=Cc3ccc(O)cc3OC2c2ccc(O)cc2)cc1. The van der Waals surface area contributed by atoms with Gasteiger partial charge in [-0.1, -0.05) is 24.3 Å². The smallest absolute Gasteiger partial charge is 0.149 e. The first kappa shape index (κ1) is 15.1. The minimum atomic E-state index is -0.389. The van der Waals surface area contributed by atoms with E-state index in [4.69, 9.17) is 4.74 Å². The van der Waals surface area contributed by atoms with Crippen LogP contribution in [0.4, 0.5) is 0 Å². The normalized spacial score (nSPS) is 15.8. The van der Waals surface area contributed by atoms with Gasteiger partial charge >= 0.3 is 0 Å². The highest BCUT2D eigenvalue weighted by Gasteiger charge is 2.26. The first-order chi connectivity index (χ1) is 12.1. The molecule has 4 rings (SSSR count). The third-order valence-electron chi connectivity index (χ3n) is 4.23. The van der Waals surface area contributed by atoms with Gasteiger partial charge in [-0.2, -0.15) is 0 Å². The first-order valence-electron chi connectivity index (χ1n) is 7.90. The molecular weight excluding hydrogens is 316 g/mol. The van der Waals surface area contributed by atoms with Crippen molar-refractivity contribution in [2.45, 2.75) is 6.10 Å². The number of rotatable bonds is 2. The number of hydrogen-bond donors (Lipinski definition) is 3. The van der Waals surface area contributed by atoms with Crippen LogP contribution in [0.25, 0.3) is 11.6 Å². The van der Waals surface area contributed by atoms with Gasteiger partial charge in [0.1, 0.15) is 29.1 Å². The van der Waals surface area contributed by atoms with E-state index in [-0.39, 0.29) is 23.4 Å². The predicted molar refractivity (Wildman–Crippen MR) is 95.6 cm³/mol. The molecule has 1 aliphatic heterocycles. The zero-order valence-electron chi connectivity index (χ0n) is 13.3. The summed E-state index contributed by atoms with van der Waals surface area (Å²) >= 11 is 0. The molecular formula is C21H16O4. The number of hydrogen-bond acceptors (Lipinski definition) is 4. The summed E-state index contributed by atoms with van der Waals surface area (Å²) in [5.74, 6) is 1.13. The summed E-state index contributed by atoms with van der Waals surface area (Å²) in [6.45, 7) is 0. The van der Waals surface area contributed by atoms with Crippen LogP contribution in [0.2, 0.25) is 0 Å². The Kier molecular flexibility index (Phi) is 3.58. The summed E-state index contributed by atoms with van der Waals surface area (Å²) in [6.07, 6.45) is 1.63. The van der Waals surface area contributed by atoms with E-state index in [2.05, 4.69) is 0 Å². The van der Waals surface area contributed by atoms with Crippen LogP contribution >= 0.6 is 0 Å². The van der Waals surface area contributed by atoms with Gasteiger partial charge in [-0.3, -0.25) is 0 Å². The Bertz CT molecular complexity index is 941. The van der Waals surface area contributed by atoms with Crippen molar-refractivity contribution < 1.29 is 20.1 Å². The fraction of sp³-hybridized carbons (Fsp3) is 0.0476. The quantitative estimate of drug-likeness (QED) is 0.647. The molecule has 25 heavy (non-hydrogen) atoms. The summed E-state index contributed by atoms with van der Waals surface area (Å²) in [6, 6.07) is 18.8. The highest BCUT2D eigenvalue weighted by molar-refractivity contribution is 5.88. The lowest BCUT2D eigenvalue weighted by Crippen LogP contribution is -2.14. The third-order valence-corrected chi connectivity index (χ3v) is 4.23. The lowest BCUT2D eigenvalue weighted by molar-refractivity contribution is 0.260. The van der Waals surface area contributed by atoms with Crippen LogP contribution < -0.4 is 4.74 Å². The van der Waals surface area contributed by atoms with E-state index in [1.165, 1.54) is 0 Å². The maximum Gasteiger partial charge on any atom is 0.149 e. The van der Waals surface area contributed by atoms with Gasteiger partial charge in [0, 0.05) is 17.2 Å². The van der Waals surface area contributed by atoms with E-state index in [0.717, 1.165) is 22.3 Å². The van der Waals surface area contributed by atoms with Gasteiger partial charge in [0.2, 0.25) is 0 Å². The van der Waals surface area contributed by atoms with E-state index in [9.17, 15) is 15.3 Å². The average molecular weight is 332 g/mol. The molecule has 124 valence electrons. The van der Waals surface area contributed by atoms with Gasteiger partial charge in [-0.05, 0) is 53.6 Å². The topological polar surface area (TPSA) is 69.9 Å². The van der Waals surface area contributed by atoms with Crippen LogP contribution in [0.15, 0.2) is 66.7 Å². The summed E-state index contributed by atoms with van der Waals surface area (Å²) in [7, 11) is 0. The maximum absolute atomic E-state index is 9.73. The second kappa shape index (κ2) is 5.91. The van der Waals surface area contributed by atoms with Gasteiger partial charge < -0.3 is 20.1 Å². The molecule has 1 atom stereocenters. The fourth-order valence-corrected chi connectivity index (χ4v) is 2.96. The van der Waals surface area contributed by atoms with Crippen LogP contribution in [0.1, 0.15) is 22.8 Å². The highest BCUT2D eigenvalue weighted by Crippen LogP contribution is 2.43. The van der Waals surface area contributed by atoms with Crippen molar-refractivity contribution in [3.63, 3.8) is 0 Å². The molecule has 0 saturated carbocycles. The standard InChI is InChI=1S/C21H16O4/c22-16-6-1-13(2-7-16)19-11-15-5-10-18(24)12-20(15)25-21(19)14-3-8-17(23)9-4-14/h1-12,21-24H. The molecule has 3 aromatic carbocycles. The molecule has 0 spiro atoms. The molecule has 4 heteroatoms. The molecule has 0 amide bonds. The van der Waals surface area contributed by atoms with Crippen molar-refractivity contribution in [2.75, 3.05) is 0 Å². The Morgan fingerprint density at radius 2 is 1.28 bits per heavy atom. The molecule has 0 aliphatic carbocycles. The number of aromatic hydroxyl groups is 3. The molecule has 0 saturated heterocycles. The van der Waals surface area contributed by atoms with Gasteiger partial charge in [0.15, 0.2) is 0 Å². The van der Waals surface area contributed by atoms with Gasteiger partial charge in [0.05, 0.1) is 0 Å². The second-order valence-electron chi connectivity index (χ2n) is 5.96. The van der Waals surface area contributed by atoms with Crippen molar-refractivity contribution in [3.8, 4) is 23.0 Å². The van der Waals surface area contributed by atoms with Gasteiger partial charge in [-0.15, -0.1) is 0 Å². The Balaban J connectivity index is 1.85. The minimum Gasteiger partial charge on any atom is -0.508 e. The predicted octanol–water partition coefficient (Wildman–Crippen LogP) is 4.48. The molecule has 3 aromatic rings. The van der Waals surface area contributed by atoms with E-state index in [1.807, 2.05) is 30.3 Å². The van der Waals surface area contributed by atoms with E-state index in [0.29, 0.717) is 5.75 Å². The fourth-order valence-electron chi connectivity index (χ4n) is 2.96. The summed E-state index contributed by atoms with van der Waals surface area (Å²) in [4.78, 5) is 0. The lowest BCUT2D eigenvalue weighted by Gasteiger charge is -2.28. The van der Waals surface area contributed by atoms with Crippen molar-refractivity contribution in [1.29, 1.82) is 0 Å². The molecule has 1 aliphatic rings. The van der Waals surface area contributed by atoms with Crippen molar-refractivity contribution in [1.82, 2.24) is 0 Å². The number of phenols is 3. The van der Waals surface area contributed by atoms with E-state index >= 15 is 0 Å². The summed E-state index contributed by atoms with van der Waals surface area (Å²) in [5.41, 5.74) is 3.61. The van der Waals surface area contributed by atoms with Crippen LogP contribution in [0, 0.1) is 0 Å². The molecule has 0 radical (unpaired) electrons. The largest absolute Gasteiger partial charge is 0.508 e. The first-order valence-corrected chi connectivity index (χ1v) is 7.90. The van der Waals surface area contributed by atoms with E-state index in [1.54, 1.807) is 42.5 Å². The molecule has 1 heterocycles. The van der Waals surface area contributed by atoms with Crippen LogP contribution in [0.5, 0.6) is 23.0 Å². The Morgan fingerprint density at radius 3 is 1.96 bits per heavy atom. The highest BCUT2D eigenvalue weighted by atomic mass is 16.5. The molecule has 1 unspecified atom stereocenters.